The third kappa shape index (κ3) is 6.20. The quantitative estimate of drug-likeness (QED) is 0.698. The standard InChI is InChI=1S/C21H26BrNO2/c1-15(2)17-10-11-19(18(22)12-17)25-14-20(24)23-21(3,4)13-16-8-6-5-7-9-16/h5-12,15H,13-14H2,1-4H3,(H,23,24). The minimum absolute atomic E-state index is 0.00214. The Morgan fingerprint density at radius 3 is 2.44 bits per heavy atom. The lowest BCUT2D eigenvalue weighted by atomic mass is 9.95. The molecule has 4 heteroatoms. The van der Waals surface area contributed by atoms with Gasteiger partial charge in [-0.25, -0.2) is 0 Å². The normalized spacial score (nSPS) is 11.4. The fourth-order valence-corrected chi connectivity index (χ4v) is 3.21. The molecule has 1 amide bonds. The van der Waals surface area contributed by atoms with E-state index in [1.807, 2.05) is 50.2 Å². The van der Waals surface area contributed by atoms with E-state index in [4.69, 9.17) is 4.74 Å². The van der Waals surface area contributed by atoms with Crippen molar-refractivity contribution in [2.75, 3.05) is 6.61 Å². The highest BCUT2D eigenvalue weighted by atomic mass is 79.9. The third-order valence-corrected chi connectivity index (χ3v) is 4.57. The largest absolute Gasteiger partial charge is 0.483 e. The number of halogens is 1. The van der Waals surface area contributed by atoms with Crippen LogP contribution in [0.4, 0.5) is 0 Å². The molecule has 0 unspecified atom stereocenters. The van der Waals surface area contributed by atoms with Crippen LogP contribution in [0.1, 0.15) is 44.7 Å². The van der Waals surface area contributed by atoms with Crippen LogP contribution in [0.3, 0.4) is 0 Å². The molecule has 2 aromatic rings. The number of hydrogen-bond acceptors (Lipinski definition) is 2. The van der Waals surface area contributed by atoms with Crippen molar-refractivity contribution in [3.05, 3.63) is 64.1 Å². The summed E-state index contributed by atoms with van der Waals surface area (Å²) >= 11 is 3.51. The number of hydrogen-bond donors (Lipinski definition) is 1. The van der Waals surface area contributed by atoms with E-state index in [9.17, 15) is 4.79 Å². The summed E-state index contributed by atoms with van der Waals surface area (Å²) in [5, 5.41) is 3.04. The van der Waals surface area contributed by atoms with Crippen molar-refractivity contribution in [1.29, 1.82) is 0 Å². The van der Waals surface area contributed by atoms with Crippen LogP contribution in [0.25, 0.3) is 0 Å². The Hall–Kier alpha value is -1.81. The van der Waals surface area contributed by atoms with Crippen molar-refractivity contribution in [2.24, 2.45) is 0 Å². The number of carbonyl (C=O) groups is 1. The van der Waals surface area contributed by atoms with Crippen LogP contribution < -0.4 is 10.1 Å². The van der Waals surface area contributed by atoms with Gasteiger partial charge in [-0.05, 0) is 65.4 Å². The molecule has 0 heterocycles. The summed E-state index contributed by atoms with van der Waals surface area (Å²) in [4.78, 5) is 12.3. The molecule has 0 atom stereocenters. The Balaban J connectivity index is 1.90. The third-order valence-electron chi connectivity index (χ3n) is 3.95. The molecule has 2 rings (SSSR count). The fourth-order valence-electron chi connectivity index (χ4n) is 2.70. The summed E-state index contributed by atoms with van der Waals surface area (Å²) < 4.78 is 6.54. The first kappa shape index (κ1) is 19.5. The number of rotatable bonds is 7. The topological polar surface area (TPSA) is 38.3 Å². The van der Waals surface area contributed by atoms with Gasteiger partial charge in [0.1, 0.15) is 5.75 Å². The van der Waals surface area contributed by atoms with Gasteiger partial charge in [-0.3, -0.25) is 4.79 Å². The zero-order chi connectivity index (χ0) is 18.4. The molecule has 0 radical (unpaired) electrons. The molecule has 0 aliphatic rings. The van der Waals surface area contributed by atoms with Crippen molar-refractivity contribution in [1.82, 2.24) is 5.32 Å². The molecule has 0 fully saturated rings. The SMILES string of the molecule is CC(C)c1ccc(OCC(=O)NC(C)(C)Cc2ccccc2)c(Br)c1. The van der Waals surface area contributed by atoms with Gasteiger partial charge >= 0.3 is 0 Å². The van der Waals surface area contributed by atoms with Gasteiger partial charge in [0.15, 0.2) is 6.61 Å². The lowest BCUT2D eigenvalue weighted by molar-refractivity contribution is -0.124. The summed E-state index contributed by atoms with van der Waals surface area (Å²) in [7, 11) is 0. The maximum absolute atomic E-state index is 12.3. The molecule has 134 valence electrons. The van der Waals surface area contributed by atoms with Gasteiger partial charge in [0.2, 0.25) is 0 Å². The molecule has 2 aromatic carbocycles. The average molecular weight is 404 g/mol. The highest BCUT2D eigenvalue weighted by molar-refractivity contribution is 9.10. The molecule has 25 heavy (non-hydrogen) atoms. The van der Waals surface area contributed by atoms with Crippen molar-refractivity contribution in [3.8, 4) is 5.75 Å². The van der Waals surface area contributed by atoms with E-state index in [1.165, 1.54) is 11.1 Å². The molecule has 1 N–H and O–H groups in total. The summed E-state index contributed by atoms with van der Waals surface area (Å²) in [6, 6.07) is 16.1. The second kappa shape index (κ2) is 8.52. The van der Waals surface area contributed by atoms with E-state index >= 15 is 0 Å². The first-order valence-corrected chi connectivity index (χ1v) is 9.33. The smallest absolute Gasteiger partial charge is 0.258 e. The van der Waals surface area contributed by atoms with Crippen LogP contribution in [0, 0.1) is 0 Å². The average Bonchev–Trinajstić information content (AvgIpc) is 2.53. The van der Waals surface area contributed by atoms with Gasteiger partial charge in [0.25, 0.3) is 5.91 Å². The van der Waals surface area contributed by atoms with Crippen LogP contribution in [-0.2, 0) is 11.2 Å². The molecule has 0 saturated heterocycles. The number of amides is 1. The Morgan fingerprint density at radius 1 is 1.16 bits per heavy atom. The van der Waals surface area contributed by atoms with Crippen molar-refractivity contribution in [2.45, 2.75) is 45.6 Å². The van der Waals surface area contributed by atoms with Gasteiger partial charge in [-0.15, -0.1) is 0 Å². The number of carbonyl (C=O) groups excluding carboxylic acids is 1. The van der Waals surface area contributed by atoms with E-state index < -0.39 is 0 Å². The summed E-state index contributed by atoms with van der Waals surface area (Å²) in [6.07, 6.45) is 0.770. The van der Waals surface area contributed by atoms with Crippen LogP contribution in [-0.4, -0.2) is 18.1 Å². The highest BCUT2D eigenvalue weighted by Crippen LogP contribution is 2.28. The number of benzene rings is 2. The molecular weight excluding hydrogens is 378 g/mol. The first-order valence-electron chi connectivity index (χ1n) is 8.54. The van der Waals surface area contributed by atoms with Gasteiger partial charge in [0, 0.05) is 5.54 Å². The van der Waals surface area contributed by atoms with Gasteiger partial charge in [-0.1, -0.05) is 50.2 Å². The van der Waals surface area contributed by atoms with Crippen LogP contribution in [0.2, 0.25) is 0 Å². The zero-order valence-electron chi connectivity index (χ0n) is 15.3. The second-order valence-corrected chi connectivity index (χ2v) is 8.08. The summed E-state index contributed by atoms with van der Waals surface area (Å²) in [5.74, 6) is 1.01. The Morgan fingerprint density at radius 2 is 1.84 bits per heavy atom. The monoisotopic (exact) mass is 403 g/mol. The van der Waals surface area contributed by atoms with Crippen LogP contribution >= 0.6 is 15.9 Å². The van der Waals surface area contributed by atoms with E-state index in [1.54, 1.807) is 0 Å². The summed E-state index contributed by atoms with van der Waals surface area (Å²) in [6.45, 7) is 8.32. The Bertz CT molecular complexity index is 711. The minimum atomic E-state index is -0.333. The van der Waals surface area contributed by atoms with E-state index in [2.05, 4.69) is 47.2 Å². The second-order valence-electron chi connectivity index (χ2n) is 7.23. The summed E-state index contributed by atoms with van der Waals surface area (Å²) in [5.41, 5.74) is 2.09. The van der Waals surface area contributed by atoms with Crippen molar-refractivity contribution >= 4 is 21.8 Å². The van der Waals surface area contributed by atoms with E-state index in [0.717, 1.165) is 10.9 Å². The first-order chi connectivity index (χ1) is 11.8. The minimum Gasteiger partial charge on any atom is -0.483 e. The molecule has 0 aliphatic carbocycles. The molecule has 3 nitrogen and oxygen atoms in total. The van der Waals surface area contributed by atoms with Crippen LogP contribution in [0.5, 0.6) is 5.75 Å². The fraction of sp³-hybridized carbons (Fsp3) is 0.381. The predicted octanol–water partition coefficient (Wildman–Crippen LogP) is 5.09. The molecule has 0 saturated carbocycles. The maximum Gasteiger partial charge on any atom is 0.258 e. The Kier molecular flexibility index (Phi) is 6.65. The Labute approximate surface area is 158 Å². The van der Waals surface area contributed by atoms with E-state index in [0.29, 0.717) is 11.7 Å². The number of nitrogens with one attached hydrogen (secondary N) is 1. The maximum atomic E-state index is 12.3. The van der Waals surface area contributed by atoms with Gasteiger partial charge in [-0.2, -0.15) is 0 Å². The lowest BCUT2D eigenvalue weighted by Crippen LogP contribution is -2.47. The predicted molar refractivity (Wildman–Crippen MR) is 106 cm³/mol. The molecule has 0 aromatic heterocycles. The zero-order valence-corrected chi connectivity index (χ0v) is 16.9. The number of ether oxygens (including phenoxy) is 1. The lowest BCUT2D eigenvalue weighted by Gasteiger charge is -2.26. The molecular formula is C21H26BrNO2. The van der Waals surface area contributed by atoms with E-state index in [-0.39, 0.29) is 18.1 Å². The highest BCUT2D eigenvalue weighted by Gasteiger charge is 2.21. The molecule has 0 spiro atoms. The van der Waals surface area contributed by atoms with Gasteiger partial charge < -0.3 is 10.1 Å². The van der Waals surface area contributed by atoms with Crippen molar-refractivity contribution in [3.63, 3.8) is 0 Å². The van der Waals surface area contributed by atoms with Crippen molar-refractivity contribution < 1.29 is 9.53 Å². The molecule has 0 bridgehead atoms. The van der Waals surface area contributed by atoms with Crippen LogP contribution in [0.15, 0.2) is 53.0 Å². The molecule has 0 aliphatic heterocycles. The van der Waals surface area contributed by atoms with Gasteiger partial charge in [0.05, 0.1) is 4.47 Å².